The Morgan fingerprint density at radius 1 is 1.00 bits per heavy atom. The number of carbonyl (C=O) groups is 2. The minimum absolute atomic E-state index is 0.0611. The summed E-state index contributed by atoms with van der Waals surface area (Å²) in [6.07, 6.45) is 0.0731. The maximum atomic E-state index is 14.0. The number of furan rings is 1. The van der Waals surface area contributed by atoms with Crippen LogP contribution in [0.2, 0.25) is 0 Å². The molecule has 206 valence electrons. The molecular weight excluding hydrogens is 523 g/mol. The second-order valence-corrected chi connectivity index (χ2v) is 9.45. The Labute approximate surface area is 228 Å². The molecule has 0 aliphatic carbocycles. The molecule has 10 heteroatoms. The standard InChI is InChI=1S/C30H26F3N3O4/c31-30(32,33)26-17-22(20-3-5-21(6-4-20)29(38)36-11-13-39-14-12-36)15-23-16-25(40-28(23)26)9-8-24(37)7-1-19-2-10-27(34)35-18-19/h1-7,10,15-18H,8-9,11-14H2,(H2,34,35)/b7-1+. The van der Waals surface area contributed by atoms with Crippen molar-refractivity contribution in [2.45, 2.75) is 19.0 Å². The summed E-state index contributed by atoms with van der Waals surface area (Å²) in [7, 11) is 0. The number of alkyl halides is 3. The molecule has 1 aliphatic heterocycles. The van der Waals surface area contributed by atoms with Crippen LogP contribution in [0.25, 0.3) is 28.2 Å². The van der Waals surface area contributed by atoms with Crippen LogP contribution in [0.4, 0.5) is 19.0 Å². The smallest absolute Gasteiger partial charge is 0.420 e. The van der Waals surface area contributed by atoms with E-state index in [1.54, 1.807) is 53.4 Å². The third-order valence-corrected chi connectivity index (χ3v) is 6.62. The maximum absolute atomic E-state index is 14.0. The quantitative estimate of drug-likeness (QED) is 0.293. The number of rotatable bonds is 7. The molecule has 0 unspecified atom stereocenters. The first-order valence-corrected chi connectivity index (χ1v) is 12.7. The van der Waals surface area contributed by atoms with E-state index >= 15 is 0 Å². The van der Waals surface area contributed by atoms with Gasteiger partial charge in [-0.25, -0.2) is 4.98 Å². The lowest BCUT2D eigenvalue weighted by Crippen LogP contribution is -2.40. The summed E-state index contributed by atoms with van der Waals surface area (Å²) >= 11 is 0. The summed E-state index contributed by atoms with van der Waals surface area (Å²) < 4.78 is 52.9. The summed E-state index contributed by atoms with van der Waals surface area (Å²) in [6.45, 7) is 1.94. The summed E-state index contributed by atoms with van der Waals surface area (Å²) in [5, 5.41) is 0.282. The molecule has 5 rings (SSSR count). The number of ether oxygens (including phenoxy) is 1. The fraction of sp³-hybridized carbons (Fsp3) is 0.233. The second kappa shape index (κ2) is 11.4. The van der Waals surface area contributed by atoms with Gasteiger partial charge < -0.3 is 19.8 Å². The lowest BCUT2D eigenvalue weighted by molar-refractivity contribution is -0.136. The molecular formula is C30H26F3N3O4. The van der Waals surface area contributed by atoms with Gasteiger partial charge in [0.1, 0.15) is 17.2 Å². The summed E-state index contributed by atoms with van der Waals surface area (Å²) in [6, 6.07) is 14.0. The van der Waals surface area contributed by atoms with Gasteiger partial charge in [0, 0.05) is 43.1 Å². The Kier molecular flexibility index (Phi) is 7.70. The van der Waals surface area contributed by atoms with Gasteiger partial charge in [-0.05, 0) is 71.3 Å². The van der Waals surface area contributed by atoms with Crippen LogP contribution < -0.4 is 5.73 Å². The van der Waals surface area contributed by atoms with Crippen molar-refractivity contribution < 1.29 is 31.9 Å². The van der Waals surface area contributed by atoms with Crippen LogP contribution in [0.3, 0.4) is 0 Å². The number of carbonyl (C=O) groups excluding carboxylic acids is 2. The van der Waals surface area contributed by atoms with E-state index in [2.05, 4.69) is 4.98 Å². The number of hydrogen-bond acceptors (Lipinski definition) is 6. The number of aryl methyl sites for hydroxylation is 1. The Balaban J connectivity index is 1.35. The predicted octanol–water partition coefficient (Wildman–Crippen LogP) is 5.78. The molecule has 0 spiro atoms. The Bertz CT molecular complexity index is 1550. The number of nitrogens with two attached hydrogens (primary N) is 1. The van der Waals surface area contributed by atoms with Gasteiger partial charge in [0.05, 0.1) is 18.8 Å². The number of anilines is 1. The maximum Gasteiger partial charge on any atom is 0.420 e. The summed E-state index contributed by atoms with van der Waals surface area (Å²) in [5.41, 5.74) is 6.40. The number of nitrogens with zero attached hydrogens (tertiary/aromatic N) is 2. The third kappa shape index (κ3) is 6.23. The number of hydrogen-bond donors (Lipinski definition) is 1. The molecule has 0 bridgehead atoms. The number of allylic oxidation sites excluding steroid dienone is 1. The van der Waals surface area contributed by atoms with Crippen molar-refractivity contribution in [3.63, 3.8) is 0 Å². The van der Waals surface area contributed by atoms with E-state index in [4.69, 9.17) is 14.9 Å². The van der Waals surface area contributed by atoms with E-state index in [1.807, 2.05) is 0 Å². The van der Waals surface area contributed by atoms with Crippen LogP contribution in [0.15, 0.2) is 71.3 Å². The molecule has 2 aromatic heterocycles. The van der Waals surface area contributed by atoms with Gasteiger partial charge in [-0.15, -0.1) is 0 Å². The van der Waals surface area contributed by atoms with Crippen LogP contribution in [0.1, 0.15) is 33.7 Å². The first-order chi connectivity index (χ1) is 19.2. The molecule has 2 N–H and O–H groups in total. The average molecular weight is 550 g/mol. The number of amides is 1. The largest absolute Gasteiger partial charge is 0.460 e. The van der Waals surface area contributed by atoms with E-state index in [-0.39, 0.29) is 41.3 Å². The number of fused-ring (bicyclic) bond motifs is 1. The molecule has 1 aliphatic rings. The van der Waals surface area contributed by atoms with Crippen LogP contribution >= 0.6 is 0 Å². The minimum atomic E-state index is -4.65. The highest BCUT2D eigenvalue weighted by Crippen LogP contribution is 2.39. The second-order valence-electron chi connectivity index (χ2n) is 9.45. The average Bonchev–Trinajstić information content (AvgIpc) is 3.38. The molecule has 0 atom stereocenters. The van der Waals surface area contributed by atoms with Gasteiger partial charge in [-0.1, -0.05) is 12.1 Å². The van der Waals surface area contributed by atoms with Crippen LogP contribution in [-0.4, -0.2) is 47.9 Å². The number of benzene rings is 2. The van der Waals surface area contributed by atoms with Gasteiger partial charge in [-0.3, -0.25) is 9.59 Å². The van der Waals surface area contributed by atoms with Crippen molar-refractivity contribution in [2.24, 2.45) is 0 Å². The van der Waals surface area contributed by atoms with Gasteiger partial charge in [0.15, 0.2) is 5.78 Å². The molecule has 40 heavy (non-hydrogen) atoms. The van der Waals surface area contributed by atoms with Crippen molar-refractivity contribution in [2.75, 3.05) is 32.0 Å². The fourth-order valence-electron chi connectivity index (χ4n) is 4.50. The molecule has 1 saturated heterocycles. The lowest BCUT2D eigenvalue weighted by Gasteiger charge is -2.26. The molecule has 4 aromatic rings. The van der Waals surface area contributed by atoms with E-state index < -0.39 is 11.7 Å². The topological polar surface area (TPSA) is 98.7 Å². The zero-order valence-corrected chi connectivity index (χ0v) is 21.4. The van der Waals surface area contributed by atoms with Gasteiger partial charge >= 0.3 is 6.18 Å². The van der Waals surface area contributed by atoms with Gasteiger partial charge in [-0.2, -0.15) is 13.2 Å². The summed E-state index contributed by atoms with van der Waals surface area (Å²) in [4.78, 5) is 30.7. The van der Waals surface area contributed by atoms with Crippen molar-refractivity contribution in [1.82, 2.24) is 9.88 Å². The highest BCUT2D eigenvalue weighted by molar-refractivity contribution is 5.95. The number of nitrogen functional groups attached to an aromatic ring is 1. The van der Waals surface area contributed by atoms with Crippen molar-refractivity contribution in [1.29, 1.82) is 0 Å². The van der Waals surface area contributed by atoms with Crippen molar-refractivity contribution >= 4 is 34.6 Å². The monoisotopic (exact) mass is 549 g/mol. The molecule has 7 nitrogen and oxygen atoms in total. The third-order valence-electron chi connectivity index (χ3n) is 6.62. The SMILES string of the molecule is Nc1ccc(/C=C/C(=O)CCc2cc3cc(-c4ccc(C(=O)N5CCOCC5)cc4)cc(C(F)(F)F)c3o2)cn1. The molecule has 1 amide bonds. The van der Waals surface area contributed by atoms with Crippen LogP contribution in [-0.2, 0) is 22.1 Å². The van der Waals surface area contributed by atoms with E-state index in [0.717, 1.165) is 6.07 Å². The highest BCUT2D eigenvalue weighted by Gasteiger charge is 2.35. The lowest BCUT2D eigenvalue weighted by atomic mass is 9.99. The van der Waals surface area contributed by atoms with Crippen molar-refractivity contribution in [3.8, 4) is 11.1 Å². The van der Waals surface area contributed by atoms with E-state index in [0.29, 0.717) is 54.4 Å². The first kappa shape index (κ1) is 27.1. The normalized spacial score (nSPS) is 14.2. The Morgan fingerprint density at radius 3 is 2.42 bits per heavy atom. The van der Waals surface area contributed by atoms with Gasteiger partial charge in [0.2, 0.25) is 0 Å². The number of halogens is 3. The van der Waals surface area contributed by atoms with Crippen LogP contribution in [0, 0.1) is 0 Å². The molecule has 2 aromatic carbocycles. The van der Waals surface area contributed by atoms with E-state index in [1.165, 1.54) is 18.3 Å². The Morgan fingerprint density at radius 2 is 1.75 bits per heavy atom. The number of aromatic nitrogens is 1. The van der Waals surface area contributed by atoms with E-state index in [9.17, 15) is 22.8 Å². The van der Waals surface area contributed by atoms with Crippen molar-refractivity contribution in [3.05, 3.63) is 89.3 Å². The molecule has 3 heterocycles. The molecule has 0 saturated carbocycles. The van der Waals surface area contributed by atoms with Crippen LogP contribution in [0.5, 0.6) is 0 Å². The first-order valence-electron chi connectivity index (χ1n) is 12.7. The predicted molar refractivity (Wildman–Crippen MR) is 144 cm³/mol. The fourth-order valence-corrected chi connectivity index (χ4v) is 4.50. The van der Waals surface area contributed by atoms with Gasteiger partial charge in [0.25, 0.3) is 5.91 Å². The highest BCUT2D eigenvalue weighted by atomic mass is 19.4. The minimum Gasteiger partial charge on any atom is -0.460 e. The Hall–Kier alpha value is -4.44. The summed E-state index contributed by atoms with van der Waals surface area (Å²) in [5.74, 6) is 0.293. The number of ketones is 1. The number of morpholine rings is 1. The molecule has 0 radical (unpaired) electrons. The zero-order chi connectivity index (χ0) is 28.3. The zero-order valence-electron chi connectivity index (χ0n) is 21.4. The molecule has 1 fully saturated rings. The number of pyridine rings is 1.